The van der Waals surface area contributed by atoms with Gasteiger partial charge in [-0.05, 0) is 61.9 Å². The van der Waals surface area contributed by atoms with E-state index >= 15 is 0 Å². The van der Waals surface area contributed by atoms with E-state index in [-0.39, 0.29) is 17.3 Å². The molecule has 0 unspecified atom stereocenters. The Hall–Kier alpha value is -3.50. The van der Waals surface area contributed by atoms with Gasteiger partial charge in [0, 0.05) is 23.6 Å². The smallest absolute Gasteiger partial charge is 0.340 e. The molecule has 10 heteroatoms. The van der Waals surface area contributed by atoms with Crippen molar-refractivity contribution in [2.24, 2.45) is 5.14 Å². The summed E-state index contributed by atoms with van der Waals surface area (Å²) in [5, 5.41) is 7.63. The predicted molar refractivity (Wildman–Crippen MR) is 115 cm³/mol. The lowest BCUT2D eigenvalue weighted by Gasteiger charge is -2.10. The van der Waals surface area contributed by atoms with Gasteiger partial charge < -0.3 is 14.6 Å². The highest BCUT2D eigenvalue weighted by Gasteiger charge is 2.19. The van der Waals surface area contributed by atoms with Crippen molar-refractivity contribution in [2.45, 2.75) is 25.3 Å². The van der Waals surface area contributed by atoms with E-state index < -0.39 is 28.5 Å². The van der Waals surface area contributed by atoms with Gasteiger partial charge in [0.25, 0.3) is 5.91 Å². The van der Waals surface area contributed by atoms with Gasteiger partial charge in [0.05, 0.1) is 10.5 Å². The molecule has 0 bridgehead atoms. The van der Waals surface area contributed by atoms with E-state index in [2.05, 4.69) is 5.32 Å². The van der Waals surface area contributed by atoms with Gasteiger partial charge in [-0.1, -0.05) is 12.1 Å². The monoisotopic (exact) mass is 459 g/mol. The van der Waals surface area contributed by atoms with Crippen LogP contribution in [0.4, 0.5) is 4.39 Å². The van der Waals surface area contributed by atoms with E-state index in [0.29, 0.717) is 22.5 Å². The van der Waals surface area contributed by atoms with E-state index in [1.807, 2.05) is 0 Å². The first-order chi connectivity index (χ1) is 15.1. The van der Waals surface area contributed by atoms with Crippen LogP contribution in [0.5, 0.6) is 0 Å². The third-order valence-corrected chi connectivity index (χ3v) is 5.74. The number of hydrogen-bond donors (Lipinski definition) is 2. The second-order valence-corrected chi connectivity index (χ2v) is 8.70. The number of ether oxygens (including phenoxy) is 1. The van der Waals surface area contributed by atoms with Crippen LogP contribution in [0.2, 0.25) is 0 Å². The van der Waals surface area contributed by atoms with E-state index in [0.717, 1.165) is 5.69 Å². The normalized spacial score (nSPS) is 11.2. The quantitative estimate of drug-likeness (QED) is 0.526. The zero-order valence-corrected chi connectivity index (χ0v) is 18.3. The first kappa shape index (κ1) is 23.2. The molecule has 0 aliphatic carbocycles. The van der Waals surface area contributed by atoms with Gasteiger partial charge in [-0.25, -0.2) is 22.7 Å². The topological polar surface area (TPSA) is 120 Å². The first-order valence-corrected chi connectivity index (χ1v) is 11.1. The Morgan fingerprint density at radius 1 is 1.06 bits per heavy atom. The number of carbonyl (C=O) groups is 2. The number of esters is 1. The summed E-state index contributed by atoms with van der Waals surface area (Å²) in [5.41, 5.74) is 3.02. The van der Waals surface area contributed by atoms with E-state index in [9.17, 15) is 22.4 Å². The molecule has 0 spiro atoms. The maximum atomic E-state index is 13.2. The number of nitrogens with two attached hydrogens (primary N) is 1. The zero-order chi connectivity index (χ0) is 23.5. The lowest BCUT2D eigenvalue weighted by atomic mass is 10.2. The minimum absolute atomic E-state index is 0.0280. The van der Waals surface area contributed by atoms with Crippen LogP contribution < -0.4 is 10.5 Å². The fourth-order valence-corrected chi connectivity index (χ4v) is 3.73. The molecule has 0 aliphatic rings. The number of carbonyl (C=O) groups excluding carboxylic acids is 2. The van der Waals surface area contributed by atoms with Crippen molar-refractivity contribution in [2.75, 3.05) is 6.61 Å². The summed E-state index contributed by atoms with van der Waals surface area (Å²) in [6.07, 6.45) is 0. The fraction of sp³-hybridized carbons (Fsp3) is 0.182. The Kier molecular flexibility index (Phi) is 6.75. The Morgan fingerprint density at radius 3 is 2.28 bits per heavy atom. The molecule has 3 N–H and O–H groups in total. The number of primary sulfonamides is 1. The summed E-state index contributed by atoms with van der Waals surface area (Å²) < 4.78 is 42.6. The number of aromatic nitrogens is 1. The standard InChI is InChI=1S/C22H22FN3O5S/c1-14-11-20(15(2)26(14)18-7-5-17(23)6-8-18)22(28)31-13-21(27)25-12-16-3-9-19(10-4-16)32(24,29)30/h3-11H,12-13H2,1-2H3,(H,25,27)(H2,24,29,30). The third-order valence-electron chi connectivity index (χ3n) is 4.81. The summed E-state index contributed by atoms with van der Waals surface area (Å²) >= 11 is 0. The fourth-order valence-electron chi connectivity index (χ4n) is 3.21. The highest BCUT2D eigenvalue weighted by molar-refractivity contribution is 7.89. The van der Waals surface area contributed by atoms with Crippen molar-refractivity contribution < 1.29 is 27.1 Å². The van der Waals surface area contributed by atoms with Crippen molar-refractivity contribution in [3.8, 4) is 5.69 Å². The summed E-state index contributed by atoms with van der Waals surface area (Å²) in [6.45, 7) is 3.19. The van der Waals surface area contributed by atoms with Gasteiger partial charge >= 0.3 is 5.97 Å². The maximum absolute atomic E-state index is 13.2. The highest BCUT2D eigenvalue weighted by Crippen LogP contribution is 2.21. The molecule has 1 heterocycles. The molecule has 1 amide bonds. The van der Waals surface area contributed by atoms with Crippen LogP contribution >= 0.6 is 0 Å². The van der Waals surface area contributed by atoms with Crippen LogP contribution in [0.15, 0.2) is 59.5 Å². The zero-order valence-electron chi connectivity index (χ0n) is 17.5. The van der Waals surface area contributed by atoms with Crippen LogP contribution in [0, 0.1) is 19.7 Å². The van der Waals surface area contributed by atoms with Gasteiger partial charge in [0.1, 0.15) is 5.82 Å². The molecule has 0 saturated carbocycles. The van der Waals surface area contributed by atoms with Gasteiger partial charge in [-0.2, -0.15) is 0 Å². The maximum Gasteiger partial charge on any atom is 0.340 e. The number of sulfonamides is 1. The number of aryl methyl sites for hydroxylation is 1. The molecule has 1 aromatic heterocycles. The second-order valence-electron chi connectivity index (χ2n) is 7.14. The van der Waals surface area contributed by atoms with Crippen molar-refractivity contribution in [3.05, 3.63) is 82.9 Å². The molecule has 0 aliphatic heterocycles. The van der Waals surface area contributed by atoms with Gasteiger partial charge in [0.15, 0.2) is 6.61 Å². The van der Waals surface area contributed by atoms with Crippen LogP contribution in [-0.2, 0) is 26.1 Å². The minimum atomic E-state index is -3.78. The molecule has 3 rings (SSSR count). The molecule has 168 valence electrons. The number of rotatable bonds is 7. The number of amides is 1. The molecule has 3 aromatic rings. The average molecular weight is 459 g/mol. The number of nitrogens with one attached hydrogen (secondary N) is 1. The Bertz CT molecular complexity index is 1250. The van der Waals surface area contributed by atoms with E-state index in [1.54, 1.807) is 36.6 Å². The largest absolute Gasteiger partial charge is 0.452 e. The molecular weight excluding hydrogens is 437 g/mol. The molecule has 0 atom stereocenters. The van der Waals surface area contributed by atoms with Crippen molar-refractivity contribution in [1.82, 2.24) is 9.88 Å². The molecule has 0 saturated heterocycles. The molecule has 0 fully saturated rings. The Balaban J connectivity index is 1.58. The Morgan fingerprint density at radius 2 is 1.69 bits per heavy atom. The van der Waals surface area contributed by atoms with E-state index in [1.165, 1.54) is 36.4 Å². The molecule has 2 aromatic carbocycles. The summed E-state index contributed by atoms with van der Waals surface area (Å²) in [6, 6.07) is 13.2. The number of hydrogen-bond acceptors (Lipinski definition) is 5. The number of nitrogens with zero attached hydrogens (tertiary/aromatic N) is 1. The van der Waals surface area contributed by atoms with Crippen LogP contribution in [0.1, 0.15) is 27.3 Å². The molecular formula is C22H22FN3O5S. The minimum Gasteiger partial charge on any atom is -0.452 e. The van der Waals surface area contributed by atoms with Crippen LogP contribution in [0.25, 0.3) is 5.69 Å². The molecule has 32 heavy (non-hydrogen) atoms. The molecule has 8 nitrogen and oxygen atoms in total. The SMILES string of the molecule is Cc1cc(C(=O)OCC(=O)NCc2ccc(S(N)(=O)=O)cc2)c(C)n1-c1ccc(F)cc1. The highest BCUT2D eigenvalue weighted by atomic mass is 32.2. The lowest BCUT2D eigenvalue weighted by molar-refractivity contribution is -0.124. The van der Waals surface area contributed by atoms with Gasteiger partial charge in [0.2, 0.25) is 10.0 Å². The number of benzene rings is 2. The number of halogens is 1. The van der Waals surface area contributed by atoms with Gasteiger partial charge in [-0.15, -0.1) is 0 Å². The summed E-state index contributed by atoms with van der Waals surface area (Å²) in [5.74, 6) is -1.53. The van der Waals surface area contributed by atoms with Crippen LogP contribution in [-0.4, -0.2) is 31.5 Å². The predicted octanol–water partition coefficient (Wildman–Crippen LogP) is 2.35. The third kappa shape index (κ3) is 5.40. The Labute approximate surface area is 184 Å². The van der Waals surface area contributed by atoms with Crippen molar-refractivity contribution in [3.63, 3.8) is 0 Å². The van der Waals surface area contributed by atoms with E-state index in [4.69, 9.17) is 9.88 Å². The first-order valence-electron chi connectivity index (χ1n) is 9.56. The summed E-state index contributed by atoms with van der Waals surface area (Å²) in [4.78, 5) is 24.5. The lowest BCUT2D eigenvalue weighted by Crippen LogP contribution is -2.28. The van der Waals surface area contributed by atoms with Crippen molar-refractivity contribution in [1.29, 1.82) is 0 Å². The van der Waals surface area contributed by atoms with Crippen molar-refractivity contribution >= 4 is 21.9 Å². The summed E-state index contributed by atoms with van der Waals surface area (Å²) in [7, 11) is -3.78. The molecule has 0 radical (unpaired) electrons. The average Bonchev–Trinajstić information content (AvgIpc) is 3.05. The second kappa shape index (κ2) is 9.33. The van der Waals surface area contributed by atoms with Crippen LogP contribution in [0.3, 0.4) is 0 Å². The van der Waals surface area contributed by atoms with Gasteiger partial charge in [-0.3, -0.25) is 4.79 Å².